The molecule has 4 atom stereocenters. The number of hydrogen-bond acceptors (Lipinski definition) is 5. The second-order valence-corrected chi connectivity index (χ2v) is 11.6. The summed E-state index contributed by atoms with van der Waals surface area (Å²) in [5.74, 6) is 0.470. The third-order valence-electron chi connectivity index (χ3n) is 7.63. The number of rotatable bonds is 5. The molecule has 3 aliphatic rings. The van der Waals surface area contributed by atoms with Gasteiger partial charge in [-0.05, 0) is 72.3 Å². The molecule has 7 nitrogen and oxygen atoms in total. The van der Waals surface area contributed by atoms with Crippen LogP contribution in [0.25, 0.3) is 0 Å². The van der Waals surface area contributed by atoms with Crippen LogP contribution in [0, 0.1) is 5.92 Å². The monoisotopic (exact) mass is 483 g/mol. The molecule has 1 aliphatic heterocycles. The average Bonchev–Trinajstić information content (AvgIpc) is 3.04. The van der Waals surface area contributed by atoms with Crippen LogP contribution in [-0.4, -0.2) is 78.6 Å². The van der Waals surface area contributed by atoms with Crippen molar-refractivity contribution in [2.75, 3.05) is 26.7 Å². The Morgan fingerprint density at radius 2 is 1.74 bits per heavy atom. The number of likely N-dealkylation sites (tertiary alicyclic amines) is 1. The summed E-state index contributed by atoms with van der Waals surface area (Å²) in [5, 5.41) is 2.89. The van der Waals surface area contributed by atoms with Crippen molar-refractivity contribution in [3.8, 4) is 0 Å². The topological polar surface area (TPSA) is 71.1 Å². The van der Waals surface area contributed by atoms with Crippen LogP contribution >= 0.6 is 0 Å². The zero-order valence-corrected chi connectivity index (χ0v) is 21.7. The van der Waals surface area contributed by atoms with Gasteiger partial charge in [-0.1, -0.05) is 25.7 Å². The molecule has 1 N–H and O–H groups in total. The predicted molar refractivity (Wildman–Crippen MR) is 131 cm³/mol. The van der Waals surface area contributed by atoms with Crippen LogP contribution in [0.15, 0.2) is 0 Å². The lowest BCUT2D eigenvalue weighted by atomic mass is 9.87. The van der Waals surface area contributed by atoms with Crippen LogP contribution in [0.4, 0.5) is 14.0 Å². The Morgan fingerprint density at radius 1 is 1.03 bits per heavy atom. The van der Waals surface area contributed by atoms with E-state index in [9.17, 15) is 9.59 Å². The van der Waals surface area contributed by atoms with Gasteiger partial charge in [-0.25, -0.2) is 14.0 Å². The van der Waals surface area contributed by atoms with Gasteiger partial charge in [-0.3, -0.25) is 4.90 Å². The van der Waals surface area contributed by atoms with Gasteiger partial charge in [0.2, 0.25) is 0 Å². The molecule has 196 valence electrons. The molecular weight excluding hydrogens is 437 g/mol. The van der Waals surface area contributed by atoms with Gasteiger partial charge in [0.05, 0.1) is 6.61 Å². The fraction of sp³-hybridized carbons (Fsp3) is 0.923. The van der Waals surface area contributed by atoms with Crippen molar-refractivity contribution < 1.29 is 23.5 Å². The van der Waals surface area contributed by atoms with E-state index in [1.54, 1.807) is 4.90 Å². The van der Waals surface area contributed by atoms with Crippen molar-refractivity contribution in [2.24, 2.45) is 5.92 Å². The van der Waals surface area contributed by atoms with Gasteiger partial charge in [-0.15, -0.1) is 0 Å². The molecule has 2 amide bonds. The highest BCUT2D eigenvalue weighted by atomic mass is 19.1. The average molecular weight is 484 g/mol. The molecule has 0 bridgehead atoms. The van der Waals surface area contributed by atoms with E-state index >= 15 is 4.39 Å². The Labute approximate surface area is 205 Å². The maximum absolute atomic E-state index is 15.3. The summed E-state index contributed by atoms with van der Waals surface area (Å²) >= 11 is 0. The molecule has 8 heteroatoms. The van der Waals surface area contributed by atoms with E-state index in [1.165, 1.54) is 19.3 Å². The summed E-state index contributed by atoms with van der Waals surface area (Å²) in [5.41, 5.74) is -0.530. The van der Waals surface area contributed by atoms with Gasteiger partial charge in [0.25, 0.3) is 0 Å². The van der Waals surface area contributed by atoms with Crippen molar-refractivity contribution in [3.05, 3.63) is 0 Å². The number of amides is 2. The highest BCUT2D eigenvalue weighted by molar-refractivity contribution is 5.68. The summed E-state index contributed by atoms with van der Waals surface area (Å²) in [7, 11) is 1.98. The first-order valence-electron chi connectivity index (χ1n) is 13.4. The fourth-order valence-electron chi connectivity index (χ4n) is 5.66. The van der Waals surface area contributed by atoms with Crippen LogP contribution in [0.2, 0.25) is 0 Å². The number of carbonyl (C=O) groups is 2. The van der Waals surface area contributed by atoms with Crippen molar-refractivity contribution in [1.82, 2.24) is 15.1 Å². The molecule has 0 spiro atoms. The van der Waals surface area contributed by atoms with Crippen LogP contribution < -0.4 is 5.32 Å². The quantitative estimate of drug-likeness (QED) is 0.577. The van der Waals surface area contributed by atoms with Crippen molar-refractivity contribution >= 4 is 12.2 Å². The van der Waals surface area contributed by atoms with E-state index < -0.39 is 17.9 Å². The molecule has 1 saturated heterocycles. The van der Waals surface area contributed by atoms with E-state index in [0.29, 0.717) is 38.5 Å². The number of halogens is 1. The Hall–Kier alpha value is -1.57. The molecular formula is C26H46FN3O4. The number of ether oxygens (including phenoxy) is 2. The van der Waals surface area contributed by atoms with Crippen molar-refractivity contribution in [3.63, 3.8) is 0 Å². The molecule has 1 heterocycles. The maximum atomic E-state index is 15.3. The Balaban J connectivity index is 1.46. The summed E-state index contributed by atoms with van der Waals surface area (Å²) in [6.45, 7) is 7.33. The zero-order chi connectivity index (χ0) is 24.7. The molecule has 0 aromatic heterocycles. The first-order chi connectivity index (χ1) is 16.1. The first-order valence-corrected chi connectivity index (χ1v) is 13.4. The molecule has 4 unspecified atom stereocenters. The zero-order valence-electron chi connectivity index (χ0n) is 21.7. The summed E-state index contributed by atoms with van der Waals surface area (Å²) in [4.78, 5) is 28.8. The fourth-order valence-corrected chi connectivity index (χ4v) is 5.66. The normalized spacial score (nSPS) is 29.4. The molecule has 0 aromatic carbocycles. The number of alkyl halides is 1. The largest absolute Gasteiger partial charge is 0.449 e. The van der Waals surface area contributed by atoms with Gasteiger partial charge in [0, 0.05) is 37.6 Å². The maximum Gasteiger partial charge on any atom is 0.410 e. The highest BCUT2D eigenvalue weighted by Gasteiger charge is 2.38. The second kappa shape index (κ2) is 12.4. The predicted octanol–water partition coefficient (Wildman–Crippen LogP) is 5.27. The van der Waals surface area contributed by atoms with E-state index in [1.807, 2.05) is 27.8 Å². The lowest BCUT2D eigenvalue weighted by Gasteiger charge is -2.41. The number of nitrogens with one attached hydrogen (secondary N) is 1. The molecule has 2 saturated carbocycles. The van der Waals surface area contributed by atoms with Crippen LogP contribution in [-0.2, 0) is 9.47 Å². The Morgan fingerprint density at radius 3 is 2.41 bits per heavy atom. The number of nitrogens with zero attached hydrogens (tertiary/aromatic N) is 2. The van der Waals surface area contributed by atoms with Crippen LogP contribution in [0.3, 0.4) is 0 Å². The van der Waals surface area contributed by atoms with E-state index in [4.69, 9.17) is 9.47 Å². The molecule has 0 radical (unpaired) electrons. The third-order valence-corrected chi connectivity index (χ3v) is 7.63. The summed E-state index contributed by atoms with van der Waals surface area (Å²) in [6, 6.07) is -0.297. The SMILES string of the molecule is CN(C1CCCCN(C(=O)OC(C)(C)C)C1)C1CCC(NC(=O)OCC2CCCCC2)CC1F. The lowest BCUT2D eigenvalue weighted by Crippen LogP contribution is -2.54. The number of hydrogen-bond donors (Lipinski definition) is 1. The van der Waals surface area contributed by atoms with Gasteiger partial charge >= 0.3 is 12.2 Å². The standard InChI is InChI=1S/C26H46FN3O4/c1-26(2,3)34-25(32)30-15-9-8-12-21(17-30)29(4)23-14-13-20(16-22(23)27)28-24(31)33-18-19-10-6-5-7-11-19/h19-23H,5-18H2,1-4H3,(H,28,31). The molecule has 3 fully saturated rings. The number of likely N-dealkylation sites (N-methyl/N-ethyl adjacent to an activating group) is 1. The minimum atomic E-state index is -1.03. The van der Waals surface area contributed by atoms with Crippen molar-refractivity contribution in [2.45, 2.75) is 121 Å². The second-order valence-electron chi connectivity index (χ2n) is 11.6. The molecule has 2 aliphatic carbocycles. The van der Waals surface area contributed by atoms with E-state index in [0.717, 1.165) is 38.5 Å². The van der Waals surface area contributed by atoms with Gasteiger partial charge in [-0.2, -0.15) is 0 Å². The van der Waals surface area contributed by atoms with Gasteiger partial charge < -0.3 is 19.7 Å². The Bertz CT molecular complexity index is 665. The molecule has 3 rings (SSSR count). The molecule has 0 aromatic rings. The third kappa shape index (κ3) is 8.28. The first kappa shape index (κ1) is 27.0. The molecule has 34 heavy (non-hydrogen) atoms. The Kier molecular flexibility index (Phi) is 9.86. The van der Waals surface area contributed by atoms with E-state index in [2.05, 4.69) is 10.2 Å². The minimum absolute atomic E-state index is 0.100. The van der Waals surface area contributed by atoms with Crippen LogP contribution in [0.5, 0.6) is 0 Å². The van der Waals surface area contributed by atoms with E-state index in [-0.39, 0.29) is 24.2 Å². The highest BCUT2D eigenvalue weighted by Crippen LogP contribution is 2.29. The smallest absolute Gasteiger partial charge is 0.410 e. The van der Waals surface area contributed by atoms with Crippen LogP contribution in [0.1, 0.15) is 91.4 Å². The lowest BCUT2D eigenvalue weighted by molar-refractivity contribution is 0.0123. The number of carbonyl (C=O) groups excluding carboxylic acids is 2. The van der Waals surface area contributed by atoms with Crippen molar-refractivity contribution in [1.29, 1.82) is 0 Å². The summed E-state index contributed by atoms with van der Waals surface area (Å²) in [6.07, 6.45) is 8.83. The number of alkyl carbamates (subject to hydrolysis) is 1. The van der Waals surface area contributed by atoms with Gasteiger partial charge in [0.1, 0.15) is 11.8 Å². The van der Waals surface area contributed by atoms with Gasteiger partial charge in [0.15, 0.2) is 0 Å². The summed E-state index contributed by atoms with van der Waals surface area (Å²) < 4.78 is 26.3. The minimum Gasteiger partial charge on any atom is -0.449 e.